The summed E-state index contributed by atoms with van der Waals surface area (Å²) >= 11 is 0. The molecule has 3 atom stereocenters. The van der Waals surface area contributed by atoms with Gasteiger partial charge in [-0.15, -0.1) is 0 Å². The molecule has 1 N–H and O–H groups in total. The molecular weight excluding hydrogens is 248 g/mol. The molecule has 0 heterocycles. The highest BCUT2D eigenvalue weighted by atomic mass is 16.4. The third-order valence-electron chi connectivity index (χ3n) is 4.74. The van der Waals surface area contributed by atoms with E-state index in [1.54, 1.807) is 0 Å². The van der Waals surface area contributed by atoms with Gasteiger partial charge in [-0.1, -0.05) is 52.0 Å². The number of carboxylic acid groups (broad SMARTS) is 1. The van der Waals surface area contributed by atoms with E-state index >= 15 is 0 Å². The number of rotatable bonds is 7. The molecule has 0 amide bonds. The van der Waals surface area contributed by atoms with E-state index in [9.17, 15) is 9.90 Å². The number of aliphatic carboxylic acids is 1. The molecule has 20 heavy (non-hydrogen) atoms. The topological polar surface area (TPSA) is 37.3 Å². The Kier molecular flexibility index (Phi) is 5.79. The van der Waals surface area contributed by atoms with Crippen LogP contribution in [0.3, 0.4) is 0 Å². The van der Waals surface area contributed by atoms with Crippen LogP contribution in [0.4, 0.5) is 0 Å². The van der Waals surface area contributed by atoms with Crippen LogP contribution < -0.4 is 0 Å². The first-order valence-corrected chi connectivity index (χ1v) is 7.67. The van der Waals surface area contributed by atoms with E-state index in [1.807, 2.05) is 13.8 Å². The average Bonchev–Trinajstić information content (AvgIpc) is 2.46. The first kappa shape index (κ1) is 16.7. The number of hydrogen-bond acceptors (Lipinski definition) is 1. The minimum atomic E-state index is -0.692. The van der Waals surface area contributed by atoms with E-state index in [4.69, 9.17) is 0 Å². The molecule has 0 saturated carbocycles. The van der Waals surface area contributed by atoms with Crippen molar-refractivity contribution in [3.8, 4) is 0 Å². The lowest BCUT2D eigenvalue weighted by atomic mass is 9.77. The summed E-state index contributed by atoms with van der Waals surface area (Å²) < 4.78 is 0. The van der Waals surface area contributed by atoms with E-state index < -0.39 is 11.4 Å². The summed E-state index contributed by atoms with van der Waals surface area (Å²) in [4.78, 5) is 11.4. The molecule has 1 aromatic carbocycles. The van der Waals surface area contributed by atoms with E-state index in [-0.39, 0.29) is 5.92 Å². The molecule has 0 aliphatic rings. The fourth-order valence-corrected chi connectivity index (χ4v) is 2.57. The number of carboxylic acids is 1. The van der Waals surface area contributed by atoms with Crippen LogP contribution in [-0.2, 0) is 4.79 Å². The van der Waals surface area contributed by atoms with Gasteiger partial charge in [0.2, 0.25) is 0 Å². The normalized spacial score (nSPS) is 17.2. The summed E-state index contributed by atoms with van der Waals surface area (Å²) in [5.41, 5.74) is 1.97. The Bertz CT molecular complexity index is 435. The van der Waals surface area contributed by atoms with Crippen molar-refractivity contribution < 1.29 is 9.90 Å². The fourth-order valence-electron chi connectivity index (χ4n) is 2.57. The lowest BCUT2D eigenvalue weighted by molar-refractivity contribution is -0.148. The molecule has 112 valence electrons. The van der Waals surface area contributed by atoms with Crippen LogP contribution in [0.25, 0.3) is 0 Å². The van der Waals surface area contributed by atoms with Crippen molar-refractivity contribution in [3.05, 3.63) is 35.4 Å². The maximum Gasteiger partial charge on any atom is 0.309 e. The van der Waals surface area contributed by atoms with Gasteiger partial charge in [-0.2, -0.15) is 0 Å². The van der Waals surface area contributed by atoms with E-state index in [2.05, 4.69) is 45.0 Å². The van der Waals surface area contributed by atoms with Crippen molar-refractivity contribution in [1.29, 1.82) is 0 Å². The standard InChI is InChI=1S/C18H28O2/c1-6-13(3)15-8-10-16(11-9-15)14(4)12-18(5,7-2)17(19)20/h8-11,13-14H,6-7,12H2,1-5H3,(H,19,20). The van der Waals surface area contributed by atoms with E-state index in [0.29, 0.717) is 18.8 Å². The second kappa shape index (κ2) is 6.92. The Balaban J connectivity index is 2.82. The monoisotopic (exact) mass is 276 g/mol. The summed E-state index contributed by atoms with van der Waals surface area (Å²) in [5.74, 6) is 0.157. The van der Waals surface area contributed by atoms with Crippen LogP contribution in [0.1, 0.15) is 76.8 Å². The Morgan fingerprint density at radius 1 is 1.10 bits per heavy atom. The van der Waals surface area contributed by atoms with Crippen LogP contribution >= 0.6 is 0 Å². The lowest BCUT2D eigenvalue weighted by Crippen LogP contribution is -2.28. The van der Waals surface area contributed by atoms with Crippen LogP contribution in [0.2, 0.25) is 0 Å². The molecular formula is C18H28O2. The van der Waals surface area contributed by atoms with Crippen LogP contribution in [0.5, 0.6) is 0 Å². The van der Waals surface area contributed by atoms with Gasteiger partial charge in [0.1, 0.15) is 0 Å². The third kappa shape index (κ3) is 3.84. The zero-order valence-corrected chi connectivity index (χ0v) is 13.4. The second-order valence-electron chi connectivity index (χ2n) is 6.30. The molecule has 0 aliphatic heterocycles. The van der Waals surface area contributed by atoms with Gasteiger partial charge in [-0.25, -0.2) is 0 Å². The smallest absolute Gasteiger partial charge is 0.309 e. The molecule has 0 aliphatic carbocycles. The van der Waals surface area contributed by atoms with Crippen molar-refractivity contribution in [3.63, 3.8) is 0 Å². The summed E-state index contributed by atoms with van der Waals surface area (Å²) in [6, 6.07) is 8.68. The molecule has 0 spiro atoms. The van der Waals surface area contributed by atoms with Gasteiger partial charge in [0.15, 0.2) is 0 Å². The first-order chi connectivity index (χ1) is 9.34. The molecule has 2 nitrogen and oxygen atoms in total. The van der Waals surface area contributed by atoms with Gasteiger partial charge in [0.05, 0.1) is 5.41 Å². The molecule has 0 aromatic heterocycles. The van der Waals surface area contributed by atoms with E-state index in [1.165, 1.54) is 11.1 Å². The molecule has 1 aromatic rings. The third-order valence-corrected chi connectivity index (χ3v) is 4.74. The fraction of sp³-hybridized carbons (Fsp3) is 0.611. The lowest BCUT2D eigenvalue weighted by Gasteiger charge is -2.27. The van der Waals surface area contributed by atoms with Gasteiger partial charge < -0.3 is 5.11 Å². The molecule has 0 bridgehead atoms. The maximum atomic E-state index is 11.4. The Labute approximate surface area is 123 Å². The Morgan fingerprint density at radius 3 is 1.90 bits per heavy atom. The van der Waals surface area contributed by atoms with Crippen molar-refractivity contribution in [2.24, 2.45) is 5.41 Å². The predicted octanol–water partition coefficient (Wildman–Crippen LogP) is 5.19. The van der Waals surface area contributed by atoms with Crippen molar-refractivity contribution in [2.75, 3.05) is 0 Å². The average molecular weight is 276 g/mol. The van der Waals surface area contributed by atoms with Gasteiger partial charge in [0, 0.05) is 0 Å². The molecule has 0 radical (unpaired) electrons. The quantitative estimate of drug-likeness (QED) is 0.743. The number of hydrogen-bond donors (Lipinski definition) is 1. The van der Waals surface area contributed by atoms with Crippen LogP contribution in [0.15, 0.2) is 24.3 Å². The Morgan fingerprint density at radius 2 is 1.55 bits per heavy atom. The molecule has 2 heteroatoms. The van der Waals surface area contributed by atoms with Gasteiger partial charge in [-0.05, 0) is 49.1 Å². The van der Waals surface area contributed by atoms with Crippen molar-refractivity contribution in [2.45, 2.75) is 65.7 Å². The highest BCUT2D eigenvalue weighted by Crippen LogP contribution is 2.35. The van der Waals surface area contributed by atoms with Gasteiger partial charge in [-0.3, -0.25) is 4.79 Å². The zero-order valence-electron chi connectivity index (χ0n) is 13.4. The predicted molar refractivity (Wildman–Crippen MR) is 84.2 cm³/mol. The summed E-state index contributed by atoms with van der Waals surface area (Å²) in [6.45, 7) is 10.3. The molecule has 3 unspecified atom stereocenters. The van der Waals surface area contributed by atoms with E-state index in [0.717, 1.165) is 6.42 Å². The highest BCUT2D eigenvalue weighted by molar-refractivity contribution is 5.74. The SMILES string of the molecule is CCC(C)c1ccc(C(C)CC(C)(CC)C(=O)O)cc1. The summed E-state index contributed by atoms with van der Waals surface area (Å²) in [5, 5.41) is 9.38. The second-order valence-corrected chi connectivity index (χ2v) is 6.30. The largest absolute Gasteiger partial charge is 0.481 e. The minimum Gasteiger partial charge on any atom is -0.481 e. The maximum absolute atomic E-state index is 11.4. The van der Waals surface area contributed by atoms with Crippen LogP contribution in [-0.4, -0.2) is 11.1 Å². The van der Waals surface area contributed by atoms with Crippen LogP contribution in [0, 0.1) is 5.41 Å². The molecule has 0 saturated heterocycles. The zero-order chi connectivity index (χ0) is 15.3. The van der Waals surface area contributed by atoms with Crippen molar-refractivity contribution in [1.82, 2.24) is 0 Å². The summed E-state index contributed by atoms with van der Waals surface area (Å²) in [7, 11) is 0. The summed E-state index contributed by atoms with van der Waals surface area (Å²) in [6.07, 6.45) is 2.49. The van der Waals surface area contributed by atoms with Crippen molar-refractivity contribution >= 4 is 5.97 Å². The highest BCUT2D eigenvalue weighted by Gasteiger charge is 2.33. The number of benzene rings is 1. The molecule has 1 rings (SSSR count). The minimum absolute atomic E-state index is 0.266. The number of carbonyl (C=O) groups is 1. The first-order valence-electron chi connectivity index (χ1n) is 7.67. The molecule has 0 fully saturated rings. The Hall–Kier alpha value is -1.31. The van der Waals surface area contributed by atoms with Gasteiger partial charge in [0.25, 0.3) is 0 Å². The van der Waals surface area contributed by atoms with Gasteiger partial charge >= 0.3 is 5.97 Å².